The van der Waals surface area contributed by atoms with Gasteiger partial charge in [0.25, 0.3) is 5.91 Å². The summed E-state index contributed by atoms with van der Waals surface area (Å²) in [6, 6.07) is 16.0. The highest BCUT2D eigenvalue weighted by Gasteiger charge is 2.38. The summed E-state index contributed by atoms with van der Waals surface area (Å²) < 4.78 is 0. The molecule has 1 saturated carbocycles. The van der Waals surface area contributed by atoms with Crippen LogP contribution in [0.2, 0.25) is 0 Å². The van der Waals surface area contributed by atoms with Gasteiger partial charge < -0.3 is 16.0 Å². The van der Waals surface area contributed by atoms with E-state index in [0.29, 0.717) is 37.4 Å². The molecular formula is C27H32N6O3. The second-order valence-electron chi connectivity index (χ2n) is 9.66. The van der Waals surface area contributed by atoms with Crippen LogP contribution < -0.4 is 11.1 Å². The van der Waals surface area contributed by atoms with E-state index in [-0.39, 0.29) is 23.8 Å². The number of nitrogens with two attached hydrogens (primary N) is 1. The molecule has 1 aliphatic carbocycles. The molecule has 9 heteroatoms. The van der Waals surface area contributed by atoms with Crippen LogP contribution in [0.3, 0.4) is 0 Å². The third-order valence-electron chi connectivity index (χ3n) is 7.51. The standard InChI is InChI=1S/C27H32N6O3/c28-25(34)23(18-8-2-1-3-9-18)29-26(35)20-11-5-7-13-22(20)32-14-16-33(17-15-32)27(36)24-19-10-4-6-12-21(19)30-31-24/h1-4,6,8-10,12,20,22-23H,5,7,11,13-17H2,(H2,28,34)(H,29,35)(H,30,31)/t20-,22-,23-/m0/s1. The van der Waals surface area contributed by atoms with Crippen LogP contribution >= 0.6 is 0 Å². The number of amides is 3. The second kappa shape index (κ2) is 10.5. The van der Waals surface area contributed by atoms with E-state index in [1.165, 1.54) is 0 Å². The fraction of sp³-hybridized carbons (Fsp3) is 0.407. The van der Waals surface area contributed by atoms with Gasteiger partial charge in [-0.15, -0.1) is 0 Å². The van der Waals surface area contributed by atoms with Crippen LogP contribution in [0.1, 0.15) is 47.8 Å². The van der Waals surface area contributed by atoms with Crippen molar-refractivity contribution in [2.75, 3.05) is 26.2 Å². The van der Waals surface area contributed by atoms with E-state index in [0.717, 1.165) is 36.6 Å². The molecule has 5 rings (SSSR count). The third kappa shape index (κ3) is 4.83. The Bertz CT molecular complexity index is 1230. The van der Waals surface area contributed by atoms with Crippen molar-refractivity contribution in [3.05, 3.63) is 65.9 Å². The van der Waals surface area contributed by atoms with Gasteiger partial charge in [-0.25, -0.2) is 0 Å². The third-order valence-corrected chi connectivity index (χ3v) is 7.51. The molecule has 9 nitrogen and oxygen atoms in total. The normalized spacial score (nSPS) is 21.7. The first kappa shape index (κ1) is 24.0. The predicted octanol–water partition coefficient (Wildman–Crippen LogP) is 2.22. The highest BCUT2D eigenvalue weighted by molar-refractivity contribution is 6.04. The minimum absolute atomic E-state index is 0.0720. The van der Waals surface area contributed by atoms with Crippen molar-refractivity contribution < 1.29 is 14.4 Å². The molecule has 1 aliphatic heterocycles. The SMILES string of the molecule is NC(=O)[C@@H](NC(=O)[C@H]1CCCC[C@@H]1N1CCN(C(=O)c2n[nH]c3ccccc23)CC1)c1ccccc1. The van der Waals surface area contributed by atoms with E-state index >= 15 is 0 Å². The monoisotopic (exact) mass is 488 g/mol. The van der Waals surface area contributed by atoms with Gasteiger partial charge in [-0.2, -0.15) is 5.10 Å². The average molecular weight is 489 g/mol. The van der Waals surface area contributed by atoms with Gasteiger partial charge >= 0.3 is 0 Å². The van der Waals surface area contributed by atoms with Crippen LogP contribution in [-0.2, 0) is 9.59 Å². The summed E-state index contributed by atoms with van der Waals surface area (Å²) in [4.78, 5) is 42.8. The smallest absolute Gasteiger partial charge is 0.275 e. The van der Waals surface area contributed by atoms with Gasteiger partial charge in [0.05, 0.1) is 11.4 Å². The maximum Gasteiger partial charge on any atom is 0.275 e. The molecule has 0 unspecified atom stereocenters. The molecule has 2 aromatic carbocycles. The van der Waals surface area contributed by atoms with Crippen molar-refractivity contribution in [3.63, 3.8) is 0 Å². The summed E-state index contributed by atoms with van der Waals surface area (Å²) in [6.45, 7) is 2.55. The number of hydrogen-bond donors (Lipinski definition) is 3. The average Bonchev–Trinajstić information content (AvgIpc) is 3.36. The number of piperazine rings is 1. The molecule has 0 spiro atoms. The Morgan fingerprint density at radius 3 is 2.39 bits per heavy atom. The molecular weight excluding hydrogens is 456 g/mol. The quantitative estimate of drug-likeness (QED) is 0.491. The predicted molar refractivity (Wildman–Crippen MR) is 136 cm³/mol. The van der Waals surface area contributed by atoms with Gasteiger partial charge in [0, 0.05) is 37.6 Å². The van der Waals surface area contributed by atoms with Crippen LogP contribution in [-0.4, -0.2) is 69.9 Å². The van der Waals surface area contributed by atoms with Crippen LogP contribution in [0.5, 0.6) is 0 Å². The van der Waals surface area contributed by atoms with Gasteiger partial charge in [-0.05, 0) is 24.5 Å². The van der Waals surface area contributed by atoms with Crippen LogP contribution in [0, 0.1) is 5.92 Å². The Kier molecular flexibility index (Phi) is 6.99. The number of aromatic amines is 1. The number of rotatable bonds is 6. The Balaban J connectivity index is 1.24. The van der Waals surface area contributed by atoms with Crippen LogP contribution in [0.15, 0.2) is 54.6 Å². The zero-order valence-corrected chi connectivity index (χ0v) is 20.2. The number of carbonyl (C=O) groups is 3. The first-order valence-corrected chi connectivity index (χ1v) is 12.6. The minimum Gasteiger partial charge on any atom is -0.368 e. The van der Waals surface area contributed by atoms with E-state index in [9.17, 15) is 14.4 Å². The van der Waals surface area contributed by atoms with Crippen molar-refractivity contribution in [2.24, 2.45) is 11.7 Å². The van der Waals surface area contributed by atoms with Crippen molar-refractivity contribution in [2.45, 2.75) is 37.8 Å². The fourth-order valence-electron chi connectivity index (χ4n) is 5.60. The highest BCUT2D eigenvalue weighted by atomic mass is 16.2. The molecule has 0 bridgehead atoms. The van der Waals surface area contributed by atoms with Crippen molar-refractivity contribution >= 4 is 28.6 Å². The van der Waals surface area contributed by atoms with Crippen LogP contribution in [0.25, 0.3) is 10.9 Å². The number of benzene rings is 2. The number of nitrogens with zero attached hydrogens (tertiary/aromatic N) is 3. The lowest BCUT2D eigenvalue weighted by atomic mass is 9.82. The summed E-state index contributed by atoms with van der Waals surface area (Å²) in [5, 5.41) is 10.9. The first-order valence-electron chi connectivity index (χ1n) is 12.6. The molecule has 36 heavy (non-hydrogen) atoms. The Labute approximate surface area is 210 Å². The van der Waals surface area contributed by atoms with Crippen LogP contribution in [0.4, 0.5) is 0 Å². The zero-order valence-electron chi connectivity index (χ0n) is 20.2. The number of carbonyl (C=O) groups excluding carboxylic acids is 3. The zero-order chi connectivity index (χ0) is 25.1. The molecule has 3 atom stereocenters. The number of fused-ring (bicyclic) bond motifs is 1. The lowest BCUT2D eigenvalue weighted by Crippen LogP contribution is -2.56. The molecule has 2 heterocycles. The van der Waals surface area contributed by atoms with Gasteiger partial charge in [0.2, 0.25) is 11.8 Å². The number of nitrogens with one attached hydrogen (secondary N) is 2. The largest absolute Gasteiger partial charge is 0.368 e. The number of H-pyrrole nitrogens is 1. The maximum atomic E-state index is 13.4. The van der Waals surface area contributed by atoms with E-state index < -0.39 is 11.9 Å². The van der Waals surface area contributed by atoms with Gasteiger partial charge in [-0.3, -0.25) is 24.4 Å². The van der Waals surface area contributed by atoms with Gasteiger partial charge in [0.1, 0.15) is 6.04 Å². The summed E-state index contributed by atoms with van der Waals surface area (Å²) in [7, 11) is 0. The van der Waals surface area contributed by atoms with Gasteiger partial charge in [-0.1, -0.05) is 61.4 Å². The maximum absolute atomic E-state index is 13.4. The highest BCUT2D eigenvalue weighted by Crippen LogP contribution is 2.30. The van der Waals surface area contributed by atoms with E-state index in [1.807, 2.05) is 47.4 Å². The lowest BCUT2D eigenvalue weighted by molar-refractivity contribution is -0.133. The molecule has 3 amide bonds. The van der Waals surface area contributed by atoms with Crippen molar-refractivity contribution in [3.8, 4) is 0 Å². The number of primary amides is 1. The molecule has 2 aliphatic rings. The van der Waals surface area contributed by atoms with Crippen molar-refractivity contribution in [1.82, 2.24) is 25.3 Å². The molecule has 188 valence electrons. The molecule has 2 fully saturated rings. The summed E-state index contributed by atoms with van der Waals surface area (Å²) in [5.74, 6) is -0.993. The number of aromatic nitrogens is 2. The van der Waals surface area contributed by atoms with Crippen molar-refractivity contribution in [1.29, 1.82) is 0 Å². The Morgan fingerprint density at radius 2 is 1.64 bits per heavy atom. The molecule has 0 radical (unpaired) electrons. The molecule has 3 aromatic rings. The van der Waals surface area contributed by atoms with Gasteiger partial charge in [0.15, 0.2) is 5.69 Å². The number of para-hydroxylation sites is 1. The first-order chi connectivity index (χ1) is 17.5. The number of hydrogen-bond acceptors (Lipinski definition) is 5. The summed E-state index contributed by atoms with van der Waals surface area (Å²) in [6.07, 6.45) is 3.73. The molecule has 1 aromatic heterocycles. The Hall–Kier alpha value is -3.72. The lowest BCUT2D eigenvalue weighted by Gasteiger charge is -2.43. The summed E-state index contributed by atoms with van der Waals surface area (Å²) in [5.41, 5.74) is 7.62. The minimum atomic E-state index is -0.848. The molecule has 1 saturated heterocycles. The second-order valence-corrected chi connectivity index (χ2v) is 9.66. The van der Waals surface area contributed by atoms with E-state index in [1.54, 1.807) is 12.1 Å². The topological polar surface area (TPSA) is 124 Å². The fourth-order valence-corrected chi connectivity index (χ4v) is 5.60. The van der Waals surface area contributed by atoms with E-state index in [4.69, 9.17) is 5.73 Å². The molecule has 4 N–H and O–H groups in total. The Morgan fingerprint density at radius 1 is 0.944 bits per heavy atom. The van der Waals surface area contributed by atoms with E-state index in [2.05, 4.69) is 20.4 Å². The summed E-state index contributed by atoms with van der Waals surface area (Å²) >= 11 is 0.